The predicted octanol–water partition coefficient (Wildman–Crippen LogP) is 5.11. The Hall–Kier alpha value is -2.80. The minimum Gasteiger partial charge on any atom is -0.465 e. The average Bonchev–Trinajstić information content (AvgIpc) is 2.79. The van der Waals surface area contributed by atoms with Gasteiger partial charge in [-0.1, -0.05) is 37.5 Å². The van der Waals surface area contributed by atoms with Crippen LogP contribution in [-0.2, 0) is 14.3 Å². The van der Waals surface area contributed by atoms with E-state index in [1.54, 1.807) is 31.2 Å². The maximum atomic E-state index is 12.7. The minimum absolute atomic E-state index is 0.0760. The van der Waals surface area contributed by atoms with E-state index in [1.807, 2.05) is 24.3 Å². The molecule has 1 aliphatic carbocycles. The van der Waals surface area contributed by atoms with Crippen LogP contribution in [0, 0.1) is 5.92 Å². The number of para-hydroxylation sites is 1. The normalized spacial score (nSPS) is 15.0. The molecule has 0 saturated heterocycles. The van der Waals surface area contributed by atoms with Crippen LogP contribution < -0.4 is 10.6 Å². The van der Waals surface area contributed by atoms with Crippen molar-refractivity contribution in [3.63, 3.8) is 0 Å². The van der Waals surface area contributed by atoms with E-state index in [0.717, 1.165) is 36.3 Å². The van der Waals surface area contributed by atoms with E-state index in [-0.39, 0.29) is 17.7 Å². The van der Waals surface area contributed by atoms with Crippen molar-refractivity contribution in [2.24, 2.45) is 5.92 Å². The number of ether oxygens (including phenoxy) is 1. The van der Waals surface area contributed by atoms with Crippen molar-refractivity contribution in [2.45, 2.75) is 49.2 Å². The SMILES string of the molecule is COC(=O)c1ccccc1NC(=O)C(C)Sc1cccc(NC(=O)C2CCCCC2)c1. The smallest absolute Gasteiger partial charge is 0.339 e. The lowest BCUT2D eigenvalue weighted by Crippen LogP contribution is -2.25. The Morgan fingerprint density at radius 3 is 2.48 bits per heavy atom. The number of nitrogens with one attached hydrogen (secondary N) is 2. The van der Waals surface area contributed by atoms with Gasteiger partial charge in [0.25, 0.3) is 0 Å². The van der Waals surface area contributed by atoms with Gasteiger partial charge in [0.05, 0.1) is 23.6 Å². The van der Waals surface area contributed by atoms with Crippen molar-refractivity contribution in [2.75, 3.05) is 17.7 Å². The zero-order valence-corrected chi connectivity index (χ0v) is 18.7. The molecule has 7 heteroatoms. The fraction of sp³-hybridized carbons (Fsp3) is 0.375. The Morgan fingerprint density at radius 1 is 1.00 bits per heavy atom. The summed E-state index contributed by atoms with van der Waals surface area (Å²) in [6.45, 7) is 1.80. The second-order valence-electron chi connectivity index (χ2n) is 7.64. The van der Waals surface area contributed by atoms with Crippen LogP contribution in [0.15, 0.2) is 53.4 Å². The number of methoxy groups -OCH3 is 1. The molecule has 0 aliphatic heterocycles. The molecule has 31 heavy (non-hydrogen) atoms. The number of benzene rings is 2. The van der Waals surface area contributed by atoms with E-state index < -0.39 is 11.2 Å². The Balaban J connectivity index is 1.61. The molecule has 1 atom stereocenters. The van der Waals surface area contributed by atoms with Gasteiger partial charge in [0.15, 0.2) is 0 Å². The number of hydrogen-bond donors (Lipinski definition) is 2. The van der Waals surface area contributed by atoms with Gasteiger partial charge in [0, 0.05) is 16.5 Å². The lowest BCUT2D eigenvalue weighted by molar-refractivity contribution is -0.120. The van der Waals surface area contributed by atoms with Crippen molar-refractivity contribution < 1.29 is 19.1 Å². The summed E-state index contributed by atoms with van der Waals surface area (Å²) in [4.78, 5) is 38.0. The molecule has 0 spiro atoms. The molecule has 0 radical (unpaired) electrons. The van der Waals surface area contributed by atoms with Gasteiger partial charge in [0.1, 0.15) is 0 Å². The van der Waals surface area contributed by atoms with Crippen LogP contribution in [0.3, 0.4) is 0 Å². The highest BCUT2D eigenvalue weighted by molar-refractivity contribution is 8.00. The molecule has 3 rings (SSSR count). The molecule has 1 fully saturated rings. The van der Waals surface area contributed by atoms with Crippen LogP contribution in [-0.4, -0.2) is 30.1 Å². The summed E-state index contributed by atoms with van der Waals surface area (Å²) in [6.07, 6.45) is 5.33. The largest absolute Gasteiger partial charge is 0.465 e. The minimum atomic E-state index is -0.502. The zero-order valence-electron chi connectivity index (χ0n) is 17.9. The van der Waals surface area contributed by atoms with Crippen molar-refractivity contribution >= 4 is 40.9 Å². The molecule has 0 aromatic heterocycles. The van der Waals surface area contributed by atoms with Gasteiger partial charge in [-0.25, -0.2) is 4.79 Å². The van der Waals surface area contributed by atoms with Crippen molar-refractivity contribution in [1.82, 2.24) is 0 Å². The zero-order chi connectivity index (χ0) is 22.2. The van der Waals surface area contributed by atoms with E-state index in [9.17, 15) is 14.4 Å². The van der Waals surface area contributed by atoms with Crippen LogP contribution in [0.1, 0.15) is 49.4 Å². The molecule has 2 amide bonds. The van der Waals surface area contributed by atoms with Crippen molar-refractivity contribution in [3.8, 4) is 0 Å². The average molecular weight is 441 g/mol. The van der Waals surface area contributed by atoms with E-state index in [1.165, 1.54) is 25.3 Å². The van der Waals surface area contributed by atoms with Crippen LogP contribution in [0.4, 0.5) is 11.4 Å². The number of amides is 2. The Bertz CT molecular complexity index is 941. The van der Waals surface area contributed by atoms with Gasteiger partial charge >= 0.3 is 5.97 Å². The second-order valence-corrected chi connectivity index (χ2v) is 9.05. The Labute approximate surface area is 187 Å². The summed E-state index contributed by atoms with van der Waals surface area (Å²) < 4.78 is 4.77. The highest BCUT2D eigenvalue weighted by atomic mass is 32.2. The third-order valence-corrected chi connectivity index (χ3v) is 6.44. The van der Waals surface area contributed by atoms with E-state index >= 15 is 0 Å². The summed E-state index contributed by atoms with van der Waals surface area (Å²) in [7, 11) is 1.31. The first-order valence-electron chi connectivity index (χ1n) is 10.5. The van der Waals surface area contributed by atoms with Gasteiger partial charge in [-0.05, 0) is 50.1 Å². The summed E-state index contributed by atoms with van der Waals surface area (Å²) in [5.74, 6) is -0.563. The monoisotopic (exact) mass is 440 g/mol. The molecule has 1 aliphatic rings. The van der Waals surface area contributed by atoms with Gasteiger partial charge in [0.2, 0.25) is 11.8 Å². The number of carbonyl (C=O) groups excluding carboxylic acids is 3. The first-order valence-corrected chi connectivity index (χ1v) is 11.4. The van der Waals surface area contributed by atoms with Gasteiger partial charge in [-0.2, -0.15) is 0 Å². The maximum Gasteiger partial charge on any atom is 0.339 e. The number of rotatable bonds is 7. The molecule has 6 nitrogen and oxygen atoms in total. The number of esters is 1. The van der Waals surface area contributed by atoms with Crippen LogP contribution in [0.25, 0.3) is 0 Å². The number of hydrogen-bond acceptors (Lipinski definition) is 5. The quantitative estimate of drug-likeness (QED) is 0.462. The first-order chi connectivity index (χ1) is 15.0. The van der Waals surface area contributed by atoms with Crippen molar-refractivity contribution in [1.29, 1.82) is 0 Å². The molecule has 164 valence electrons. The summed E-state index contributed by atoms with van der Waals surface area (Å²) in [5, 5.41) is 5.41. The third-order valence-electron chi connectivity index (χ3n) is 5.35. The van der Waals surface area contributed by atoms with Crippen LogP contribution in [0.5, 0.6) is 0 Å². The molecule has 0 bridgehead atoms. The van der Waals surface area contributed by atoms with E-state index in [4.69, 9.17) is 4.74 Å². The molecule has 2 aromatic carbocycles. The Morgan fingerprint density at radius 2 is 1.74 bits per heavy atom. The van der Waals surface area contributed by atoms with E-state index in [2.05, 4.69) is 10.6 Å². The van der Waals surface area contributed by atoms with E-state index in [0.29, 0.717) is 11.3 Å². The summed E-state index contributed by atoms with van der Waals surface area (Å²) in [6, 6.07) is 14.3. The Kier molecular flexibility index (Phi) is 8.12. The lowest BCUT2D eigenvalue weighted by atomic mass is 9.88. The number of carbonyl (C=O) groups is 3. The fourth-order valence-electron chi connectivity index (χ4n) is 3.63. The van der Waals surface area contributed by atoms with Crippen molar-refractivity contribution in [3.05, 3.63) is 54.1 Å². The molecular weight excluding hydrogens is 412 g/mol. The third kappa shape index (κ3) is 6.34. The molecule has 1 saturated carbocycles. The first kappa shape index (κ1) is 22.9. The van der Waals surface area contributed by atoms with Crippen LogP contribution >= 0.6 is 11.8 Å². The second kappa shape index (κ2) is 11.0. The fourth-order valence-corrected chi connectivity index (χ4v) is 4.55. The summed E-state index contributed by atoms with van der Waals surface area (Å²) >= 11 is 1.39. The molecular formula is C24H28N2O4S. The molecule has 2 aromatic rings. The van der Waals surface area contributed by atoms with Crippen LogP contribution in [0.2, 0.25) is 0 Å². The number of thioether (sulfide) groups is 1. The molecule has 1 unspecified atom stereocenters. The maximum absolute atomic E-state index is 12.7. The van der Waals surface area contributed by atoms with Gasteiger partial charge < -0.3 is 15.4 Å². The summed E-state index contributed by atoms with van der Waals surface area (Å²) in [5.41, 5.74) is 1.47. The highest BCUT2D eigenvalue weighted by Crippen LogP contribution is 2.29. The molecule has 2 N–H and O–H groups in total. The van der Waals surface area contributed by atoms with Gasteiger partial charge in [-0.15, -0.1) is 11.8 Å². The number of anilines is 2. The predicted molar refractivity (Wildman–Crippen MR) is 123 cm³/mol. The standard InChI is InChI=1S/C24H28N2O4S/c1-16(22(27)26-21-14-7-6-13-20(21)24(29)30-2)31-19-12-8-11-18(15-19)25-23(28)17-9-4-3-5-10-17/h6-8,11-17H,3-5,9-10H2,1-2H3,(H,25,28)(H,26,27). The van der Waals surface area contributed by atoms with Gasteiger partial charge in [-0.3, -0.25) is 9.59 Å². The molecule has 0 heterocycles. The topological polar surface area (TPSA) is 84.5 Å². The lowest BCUT2D eigenvalue weighted by Gasteiger charge is -2.21. The highest BCUT2D eigenvalue weighted by Gasteiger charge is 2.22.